The minimum absolute atomic E-state index is 0.0250. The molecule has 0 aromatic rings. The van der Waals surface area contributed by atoms with E-state index in [1.165, 1.54) is 14.1 Å². The minimum Gasteiger partial charge on any atom is -0.481 e. The van der Waals surface area contributed by atoms with Gasteiger partial charge >= 0.3 is 5.97 Å². The van der Waals surface area contributed by atoms with Gasteiger partial charge in [0.05, 0.1) is 5.41 Å². The lowest BCUT2D eigenvalue weighted by atomic mass is 9.69. The van der Waals surface area contributed by atoms with Crippen LogP contribution in [-0.2, 0) is 15.0 Å². The third kappa shape index (κ3) is 2.47. The summed E-state index contributed by atoms with van der Waals surface area (Å²) in [6.45, 7) is -0.0250. The maximum absolute atomic E-state index is 11.4. The molecule has 2 N–H and O–H groups in total. The van der Waals surface area contributed by atoms with Crippen LogP contribution in [-0.4, -0.2) is 44.4 Å². The van der Waals surface area contributed by atoms with Gasteiger partial charge in [0.2, 0.25) is 0 Å². The second kappa shape index (κ2) is 4.07. The molecule has 1 rings (SSSR count). The molecule has 1 fully saturated rings. The van der Waals surface area contributed by atoms with Gasteiger partial charge in [0, 0.05) is 20.6 Å². The van der Waals surface area contributed by atoms with Crippen LogP contribution in [0.25, 0.3) is 0 Å². The van der Waals surface area contributed by atoms with E-state index in [1.54, 1.807) is 0 Å². The lowest BCUT2D eigenvalue weighted by Crippen LogP contribution is -2.49. The molecule has 0 aliphatic heterocycles. The van der Waals surface area contributed by atoms with E-state index < -0.39 is 21.6 Å². The molecule has 1 aliphatic rings. The van der Waals surface area contributed by atoms with Crippen LogP contribution in [0.15, 0.2) is 0 Å². The third-order valence-corrected chi connectivity index (χ3v) is 4.31. The fourth-order valence-corrected chi connectivity index (χ4v) is 2.15. The molecule has 0 heterocycles. The molecule has 6 nitrogen and oxygen atoms in total. The van der Waals surface area contributed by atoms with Crippen LogP contribution in [0.3, 0.4) is 0 Å². The smallest absolute Gasteiger partial charge is 0.310 e. The topological polar surface area (TPSA) is 86.7 Å². The summed E-state index contributed by atoms with van der Waals surface area (Å²) >= 11 is 0. The number of rotatable bonds is 5. The summed E-state index contributed by atoms with van der Waals surface area (Å²) in [5.74, 6) is -0.921. The van der Waals surface area contributed by atoms with Crippen molar-refractivity contribution in [3.05, 3.63) is 0 Å². The van der Waals surface area contributed by atoms with Crippen molar-refractivity contribution in [3.63, 3.8) is 0 Å². The molecule has 0 atom stereocenters. The monoisotopic (exact) mass is 236 g/mol. The number of nitrogens with zero attached hydrogens (tertiary/aromatic N) is 1. The highest BCUT2D eigenvalue weighted by Crippen LogP contribution is 2.40. The molecule has 0 bridgehead atoms. The molecular formula is C8H16N2O4S. The molecule has 0 amide bonds. The van der Waals surface area contributed by atoms with Crippen molar-refractivity contribution < 1.29 is 18.3 Å². The Labute approximate surface area is 89.4 Å². The van der Waals surface area contributed by atoms with Crippen LogP contribution < -0.4 is 4.72 Å². The Morgan fingerprint density at radius 3 is 2.27 bits per heavy atom. The predicted molar refractivity (Wildman–Crippen MR) is 54.5 cm³/mol. The van der Waals surface area contributed by atoms with Crippen molar-refractivity contribution in [2.24, 2.45) is 5.41 Å². The van der Waals surface area contributed by atoms with Crippen LogP contribution >= 0.6 is 0 Å². The molecule has 88 valence electrons. The molecule has 0 aromatic heterocycles. The fourth-order valence-electron chi connectivity index (χ4n) is 1.43. The lowest BCUT2D eigenvalue weighted by molar-refractivity contribution is -0.153. The first-order chi connectivity index (χ1) is 6.80. The van der Waals surface area contributed by atoms with Crippen LogP contribution in [0.5, 0.6) is 0 Å². The zero-order valence-corrected chi connectivity index (χ0v) is 9.67. The first-order valence-corrected chi connectivity index (χ1v) is 6.15. The first-order valence-electron chi connectivity index (χ1n) is 4.71. The van der Waals surface area contributed by atoms with Crippen molar-refractivity contribution in [2.45, 2.75) is 19.3 Å². The highest BCUT2D eigenvalue weighted by Gasteiger charge is 2.44. The summed E-state index contributed by atoms with van der Waals surface area (Å²) in [7, 11) is -0.722. The minimum atomic E-state index is -3.52. The van der Waals surface area contributed by atoms with Crippen LogP contribution in [0.2, 0.25) is 0 Å². The summed E-state index contributed by atoms with van der Waals surface area (Å²) in [5.41, 5.74) is -0.886. The van der Waals surface area contributed by atoms with Gasteiger partial charge in [-0.2, -0.15) is 12.7 Å². The van der Waals surface area contributed by atoms with Crippen molar-refractivity contribution in [1.82, 2.24) is 9.03 Å². The molecule has 0 aromatic carbocycles. The van der Waals surface area contributed by atoms with Gasteiger partial charge < -0.3 is 5.11 Å². The molecular weight excluding hydrogens is 220 g/mol. The van der Waals surface area contributed by atoms with Gasteiger partial charge in [-0.3, -0.25) is 4.79 Å². The Morgan fingerprint density at radius 2 is 2.00 bits per heavy atom. The Morgan fingerprint density at radius 1 is 1.47 bits per heavy atom. The average Bonchev–Trinajstić information content (AvgIpc) is 2.00. The number of carbonyl (C=O) groups is 1. The lowest BCUT2D eigenvalue weighted by Gasteiger charge is -2.37. The second-order valence-electron chi connectivity index (χ2n) is 4.05. The van der Waals surface area contributed by atoms with Crippen LogP contribution in [0.1, 0.15) is 19.3 Å². The van der Waals surface area contributed by atoms with E-state index in [1.807, 2.05) is 0 Å². The van der Waals surface area contributed by atoms with Crippen molar-refractivity contribution in [3.8, 4) is 0 Å². The molecule has 1 aliphatic carbocycles. The predicted octanol–water partition coefficient (Wildman–Crippen LogP) is -0.363. The Balaban J connectivity index is 2.60. The molecule has 0 spiro atoms. The van der Waals surface area contributed by atoms with Gasteiger partial charge in [0.1, 0.15) is 0 Å². The largest absolute Gasteiger partial charge is 0.481 e. The second-order valence-corrected chi connectivity index (χ2v) is 6.02. The third-order valence-electron chi connectivity index (χ3n) is 2.84. The van der Waals surface area contributed by atoms with Crippen LogP contribution in [0.4, 0.5) is 0 Å². The maximum Gasteiger partial charge on any atom is 0.310 e. The van der Waals surface area contributed by atoms with E-state index in [0.29, 0.717) is 12.8 Å². The summed E-state index contributed by atoms with van der Waals surface area (Å²) in [5, 5.41) is 8.97. The number of carboxylic acid groups (broad SMARTS) is 1. The van der Waals surface area contributed by atoms with Crippen molar-refractivity contribution in [2.75, 3.05) is 20.6 Å². The van der Waals surface area contributed by atoms with Crippen molar-refractivity contribution >= 4 is 16.2 Å². The Kier molecular flexibility index (Phi) is 3.37. The summed E-state index contributed by atoms with van der Waals surface area (Å²) < 4.78 is 26.1. The van der Waals surface area contributed by atoms with Crippen LogP contribution in [0, 0.1) is 5.41 Å². The molecule has 7 heteroatoms. The van der Waals surface area contributed by atoms with E-state index in [0.717, 1.165) is 10.7 Å². The SMILES string of the molecule is CN(C)S(=O)(=O)NCC1(C(=O)O)CCC1. The number of hydrogen-bond donors (Lipinski definition) is 2. The molecule has 0 saturated heterocycles. The molecule has 0 radical (unpaired) electrons. The zero-order valence-electron chi connectivity index (χ0n) is 8.86. The summed E-state index contributed by atoms with van der Waals surface area (Å²) in [4.78, 5) is 10.9. The zero-order chi connectivity index (χ0) is 11.7. The van der Waals surface area contributed by atoms with Gasteiger partial charge in [-0.15, -0.1) is 0 Å². The number of carboxylic acids is 1. The normalized spacial score (nSPS) is 19.9. The van der Waals surface area contributed by atoms with E-state index in [-0.39, 0.29) is 6.54 Å². The highest BCUT2D eigenvalue weighted by molar-refractivity contribution is 7.87. The van der Waals surface area contributed by atoms with Gasteiger partial charge in [-0.25, -0.2) is 4.72 Å². The van der Waals surface area contributed by atoms with E-state index in [9.17, 15) is 13.2 Å². The molecule has 15 heavy (non-hydrogen) atoms. The van der Waals surface area contributed by atoms with E-state index in [4.69, 9.17) is 5.11 Å². The Bertz CT molecular complexity index is 346. The van der Waals surface area contributed by atoms with Gasteiger partial charge in [0.25, 0.3) is 10.2 Å². The average molecular weight is 236 g/mol. The standard InChI is InChI=1S/C8H16N2O4S/c1-10(2)15(13,14)9-6-8(7(11)12)4-3-5-8/h9H,3-6H2,1-2H3,(H,11,12). The van der Waals surface area contributed by atoms with E-state index in [2.05, 4.69) is 4.72 Å². The van der Waals surface area contributed by atoms with Crippen molar-refractivity contribution in [1.29, 1.82) is 0 Å². The van der Waals surface area contributed by atoms with Gasteiger partial charge in [-0.05, 0) is 12.8 Å². The fraction of sp³-hybridized carbons (Fsp3) is 0.875. The Hall–Kier alpha value is -0.660. The maximum atomic E-state index is 11.4. The molecule has 0 unspecified atom stereocenters. The van der Waals surface area contributed by atoms with Gasteiger partial charge in [-0.1, -0.05) is 6.42 Å². The first kappa shape index (κ1) is 12.4. The number of aliphatic carboxylic acids is 1. The van der Waals surface area contributed by atoms with E-state index >= 15 is 0 Å². The number of nitrogens with one attached hydrogen (secondary N) is 1. The quantitative estimate of drug-likeness (QED) is 0.682. The van der Waals surface area contributed by atoms with Gasteiger partial charge in [0.15, 0.2) is 0 Å². The summed E-state index contributed by atoms with van der Waals surface area (Å²) in [6.07, 6.45) is 1.92. The highest BCUT2D eigenvalue weighted by atomic mass is 32.2. The summed E-state index contributed by atoms with van der Waals surface area (Å²) in [6, 6.07) is 0. The molecule has 1 saturated carbocycles. The number of hydrogen-bond acceptors (Lipinski definition) is 3.